The van der Waals surface area contributed by atoms with Crippen LogP contribution in [0.15, 0.2) is 52.0 Å². The molecular weight excluding hydrogens is 352 g/mol. The molecule has 0 atom stereocenters. The number of amides is 1. The molecule has 0 saturated heterocycles. The van der Waals surface area contributed by atoms with Crippen molar-refractivity contribution in [3.8, 4) is 11.5 Å². The lowest BCUT2D eigenvalue weighted by molar-refractivity contribution is 0.0692. The van der Waals surface area contributed by atoms with Crippen LogP contribution in [0.3, 0.4) is 0 Å². The molecule has 2 N–H and O–H groups in total. The van der Waals surface area contributed by atoms with E-state index in [1.165, 1.54) is 26.5 Å². The van der Waals surface area contributed by atoms with Gasteiger partial charge < -0.3 is 19.0 Å². The molecule has 27 heavy (non-hydrogen) atoms. The summed E-state index contributed by atoms with van der Waals surface area (Å²) in [6.07, 6.45) is 1.21. The number of ether oxygens (including phenoxy) is 2. The first kappa shape index (κ1) is 18.0. The van der Waals surface area contributed by atoms with Gasteiger partial charge in [-0.05, 0) is 24.3 Å². The predicted octanol–water partition coefficient (Wildman–Crippen LogP) is 2.91. The molecule has 0 spiro atoms. The van der Waals surface area contributed by atoms with Gasteiger partial charge in [0.05, 0.1) is 20.4 Å². The van der Waals surface area contributed by atoms with E-state index in [0.717, 1.165) is 5.39 Å². The van der Waals surface area contributed by atoms with Gasteiger partial charge >= 0.3 is 11.9 Å². The summed E-state index contributed by atoms with van der Waals surface area (Å²) in [4.78, 5) is 23.8. The van der Waals surface area contributed by atoms with Gasteiger partial charge in [-0.3, -0.25) is 4.79 Å². The summed E-state index contributed by atoms with van der Waals surface area (Å²) < 4.78 is 15.7. The lowest BCUT2D eigenvalue weighted by Gasteiger charge is -2.12. The van der Waals surface area contributed by atoms with Crippen molar-refractivity contribution < 1.29 is 28.6 Å². The number of carbonyl (C=O) groups is 2. The van der Waals surface area contributed by atoms with Gasteiger partial charge in [-0.25, -0.2) is 10.2 Å². The van der Waals surface area contributed by atoms with Crippen molar-refractivity contribution in [2.24, 2.45) is 5.10 Å². The van der Waals surface area contributed by atoms with Gasteiger partial charge in [-0.1, -0.05) is 18.2 Å². The maximum atomic E-state index is 12.2. The van der Waals surface area contributed by atoms with Gasteiger partial charge in [0.25, 0.3) is 0 Å². The number of carboxylic acid groups (broad SMARTS) is 1. The van der Waals surface area contributed by atoms with Crippen molar-refractivity contribution in [1.29, 1.82) is 0 Å². The molecule has 0 saturated carbocycles. The Morgan fingerprint density at radius 1 is 1.15 bits per heavy atom. The van der Waals surface area contributed by atoms with Gasteiger partial charge in [0.2, 0.25) is 0 Å². The fourth-order valence-electron chi connectivity index (χ4n) is 2.58. The molecule has 1 amide bonds. The Labute approximate surface area is 154 Å². The van der Waals surface area contributed by atoms with Crippen LogP contribution >= 0.6 is 0 Å². The molecule has 0 aliphatic rings. The van der Waals surface area contributed by atoms with E-state index < -0.39 is 11.9 Å². The molecule has 1 aromatic heterocycles. The highest BCUT2D eigenvalue weighted by Crippen LogP contribution is 2.32. The maximum absolute atomic E-state index is 12.2. The van der Waals surface area contributed by atoms with Crippen LogP contribution in [-0.4, -0.2) is 37.4 Å². The zero-order valence-corrected chi connectivity index (χ0v) is 14.6. The fraction of sp³-hybridized carbons (Fsp3) is 0.105. The molecule has 0 bridgehead atoms. The number of carboxylic acids is 1. The van der Waals surface area contributed by atoms with Gasteiger partial charge in [-0.2, -0.15) is 5.10 Å². The number of rotatable bonds is 6. The Kier molecular flexibility index (Phi) is 5.07. The first-order chi connectivity index (χ1) is 13.0. The second-order valence-electron chi connectivity index (χ2n) is 5.42. The lowest BCUT2D eigenvalue weighted by Crippen LogP contribution is -2.17. The minimum absolute atomic E-state index is 0.0672. The SMILES string of the molecule is COc1ccc(/C=N/NC(=O)c2cc3ccccc3o2)c(C(=O)O)c1OC. The third-order valence-electron chi connectivity index (χ3n) is 3.81. The normalized spacial score (nSPS) is 10.9. The largest absolute Gasteiger partial charge is 0.493 e. The van der Waals surface area contributed by atoms with Crippen molar-refractivity contribution in [2.45, 2.75) is 0 Å². The molecule has 3 aromatic rings. The van der Waals surface area contributed by atoms with E-state index in [9.17, 15) is 14.7 Å². The van der Waals surface area contributed by atoms with E-state index in [1.54, 1.807) is 24.3 Å². The molecular formula is C19H16N2O6. The molecule has 0 radical (unpaired) electrons. The highest BCUT2D eigenvalue weighted by Gasteiger charge is 2.20. The molecule has 138 valence electrons. The lowest BCUT2D eigenvalue weighted by atomic mass is 10.1. The number of methoxy groups -OCH3 is 2. The third kappa shape index (κ3) is 3.59. The van der Waals surface area contributed by atoms with Crippen LogP contribution in [0.5, 0.6) is 11.5 Å². The zero-order chi connectivity index (χ0) is 19.4. The van der Waals surface area contributed by atoms with Crippen molar-refractivity contribution in [2.75, 3.05) is 14.2 Å². The number of benzene rings is 2. The van der Waals surface area contributed by atoms with E-state index in [2.05, 4.69) is 10.5 Å². The van der Waals surface area contributed by atoms with Crippen LogP contribution in [0.2, 0.25) is 0 Å². The van der Waals surface area contributed by atoms with Crippen molar-refractivity contribution in [1.82, 2.24) is 5.43 Å². The number of nitrogens with one attached hydrogen (secondary N) is 1. The summed E-state index contributed by atoms with van der Waals surface area (Å²) in [7, 11) is 2.75. The smallest absolute Gasteiger partial charge is 0.340 e. The second-order valence-corrected chi connectivity index (χ2v) is 5.42. The predicted molar refractivity (Wildman–Crippen MR) is 97.8 cm³/mol. The number of nitrogens with zero attached hydrogens (tertiary/aromatic N) is 1. The van der Waals surface area contributed by atoms with Gasteiger partial charge in [0.1, 0.15) is 11.1 Å². The average Bonchev–Trinajstić information content (AvgIpc) is 3.11. The summed E-state index contributed by atoms with van der Waals surface area (Å²) in [6.45, 7) is 0. The van der Waals surface area contributed by atoms with Gasteiger partial charge in [0.15, 0.2) is 17.3 Å². The van der Waals surface area contributed by atoms with E-state index in [-0.39, 0.29) is 28.4 Å². The fourth-order valence-corrected chi connectivity index (χ4v) is 2.58. The van der Waals surface area contributed by atoms with Gasteiger partial charge in [-0.15, -0.1) is 0 Å². The molecule has 0 fully saturated rings. The Balaban J connectivity index is 1.83. The topological polar surface area (TPSA) is 110 Å². The molecule has 2 aromatic carbocycles. The molecule has 3 rings (SSSR count). The minimum atomic E-state index is -1.21. The van der Waals surface area contributed by atoms with Crippen molar-refractivity contribution in [3.05, 3.63) is 59.4 Å². The molecule has 1 heterocycles. The van der Waals surface area contributed by atoms with Crippen molar-refractivity contribution in [3.63, 3.8) is 0 Å². The molecule has 0 aliphatic carbocycles. The van der Waals surface area contributed by atoms with Gasteiger partial charge in [0, 0.05) is 10.9 Å². The zero-order valence-electron chi connectivity index (χ0n) is 14.6. The molecule has 8 nitrogen and oxygen atoms in total. The first-order valence-corrected chi connectivity index (χ1v) is 7.85. The van der Waals surface area contributed by atoms with E-state index in [1.807, 2.05) is 12.1 Å². The molecule has 0 aliphatic heterocycles. The van der Waals surface area contributed by atoms with Crippen LogP contribution in [-0.2, 0) is 0 Å². The Bertz CT molecular complexity index is 1000. The molecule has 8 heteroatoms. The average molecular weight is 368 g/mol. The standard InChI is InChI=1S/C19H16N2O6/c1-25-14-8-7-12(16(19(23)24)17(14)26-2)10-20-21-18(22)15-9-11-5-3-4-6-13(11)27-15/h3-10H,1-2H3,(H,21,22)(H,23,24)/b20-10+. The second kappa shape index (κ2) is 7.61. The number of hydrogen-bond acceptors (Lipinski definition) is 6. The first-order valence-electron chi connectivity index (χ1n) is 7.85. The van der Waals surface area contributed by atoms with E-state index in [4.69, 9.17) is 13.9 Å². The Morgan fingerprint density at radius 2 is 1.93 bits per heavy atom. The number of hydrogen-bond donors (Lipinski definition) is 2. The highest BCUT2D eigenvalue weighted by molar-refractivity contribution is 6.02. The van der Waals surface area contributed by atoms with Crippen LogP contribution in [0.25, 0.3) is 11.0 Å². The number of para-hydroxylation sites is 1. The quantitative estimate of drug-likeness (QED) is 0.511. The molecule has 0 unspecified atom stereocenters. The minimum Gasteiger partial charge on any atom is -0.493 e. The van der Waals surface area contributed by atoms with Crippen LogP contribution in [0.4, 0.5) is 0 Å². The summed E-state index contributed by atoms with van der Waals surface area (Å²) in [6, 6.07) is 11.9. The number of hydrazone groups is 1. The number of furan rings is 1. The summed E-state index contributed by atoms with van der Waals surface area (Å²) in [5.41, 5.74) is 3.01. The van der Waals surface area contributed by atoms with Crippen molar-refractivity contribution >= 4 is 29.1 Å². The van der Waals surface area contributed by atoms with E-state index >= 15 is 0 Å². The van der Waals surface area contributed by atoms with E-state index in [0.29, 0.717) is 5.58 Å². The summed E-state index contributed by atoms with van der Waals surface area (Å²) >= 11 is 0. The monoisotopic (exact) mass is 368 g/mol. The Hall–Kier alpha value is -3.81. The Morgan fingerprint density at radius 3 is 2.59 bits per heavy atom. The van der Waals surface area contributed by atoms with Crippen LogP contribution in [0.1, 0.15) is 26.5 Å². The third-order valence-corrected chi connectivity index (χ3v) is 3.81. The van der Waals surface area contributed by atoms with Crippen LogP contribution < -0.4 is 14.9 Å². The number of carbonyl (C=O) groups excluding carboxylic acids is 1. The summed E-state index contributed by atoms with van der Waals surface area (Å²) in [5.74, 6) is -1.33. The number of fused-ring (bicyclic) bond motifs is 1. The maximum Gasteiger partial charge on any atom is 0.340 e. The van der Waals surface area contributed by atoms with Crippen LogP contribution in [0, 0.1) is 0 Å². The summed E-state index contributed by atoms with van der Waals surface area (Å²) in [5, 5.41) is 14.1. The highest BCUT2D eigenvalue weighted by atomic mass is 16.5. The number of aromatic carboxylic acids is 1.